The zero-order chi connectivity index (χ0) is 13.9. The average Bonchev–Trinajstić information content (AvgIpc) is 2.63. The van der Waals surface area contributed by atoms with Gasteiger partial charge in [-0.1, -0.05) is 13.8 Å². The van der Waals surface area contributed by atoms with Crippen molar-refractivity contribution in [3.05, 3.63) is 0 Å². The summed E-state index contributed by atoms with van der Waals surface area (Å²) in [6.45, 7) is 5.57. The highest BCUT2D eigenvalue weighted by molar-refractivity contribution is 5.86. The number of amides is 2. The van der Waals surface area contributed by atoms with Crippen molar-refractivity contribution in [3.8, 4) is 0 Å². The number of alkyl halides is 1. The number of likely N-dealkylation sites (tertiary alicyclic amines) is 1. The van der Waals surface area contributed by atoms with Gasteiger partial charge in [0, 0.05) is 12.5 Å². The van der Waals surface area contributed by atoms with Crippen molar-refractivity contribution < 1.29 is 18.7 Å². The molecule has 1 aliphatic rings. The number of hydrogen-bond donors (Lipinski definition) is 1. The van der Waals surface area contributed by atoms with E-state index in [1.807, 2.05) is 20.8 Å². The Kier molecular flexibility index (Phi) is 4.93. The maximum atomic E-state index is 13.3. The molecule has 1 saturated heterocycles. The van der Waals surface area contributed by atoms with Gasteiger partial charge in [0.2, 0.25) is 5.91 Å². The molecule has 1 fully saturated rings. The molecule has 3 atom stereocenters. The summed E-state index contributed by atoms with van der Waals surface area (Å²) >= 11 is 0. The molecular formula is C12H21FN2O3. The predicted octanol–water partition coefficient (Wildman–Crippen LogP) is 1.33. The van der Waals surface area contributed by atoms with Crippen LogP contribution in [0.5, 0.6) is 0 Å². The van der Waals surface area contributed by atoms with Gasteiger partial charge in [0.15, 0.2) is 0 Å². The quantitative estimate of drug-likeness (QED) is 0.832. The van der Waals surface area contributed by atoms with Gasteiger partial charge in [-0.05, 0) is 12.8 Å². The number of halogens is 1. The summed E-state index contributed by atoms with van der Waals surface area (Å²) in [4.78, 5) is 25.0. The van der Waals surface area contributed by atoms with Crippen molar-refractivity contribution in [2.45, 2.75) is 45.4 Å². The molecular weight excluding hydrogens is 239 g/mol. The number of nitrogens with one attached hydrogen (secondary N) is 1. The molecule has 1 heterocycles. The minimum absolute atomic E-state index is 0.0811. The van der Waals surface area contributed by atoms with Gasteiger partial charge in [0.05, 0.1) is 13.7 Å². The SMILES string of the molecule is COC(=O)N[C@H](C(=O)N1C[C@@H](F)C[C@H]1C)C(C)C. The van der Waals surface area contributed by atoms with Crippen LogP contribution in [-0.4, -0.2) is 48.8 Å². The van der Waals surface area contributed by atoms with E-state index in [2.05, 4.69) is 10.1 Å². The second kappa shape index (κ2) is 6.02. The topological polar surface area (TPSA) is 58.6 Å². The summed E-state index contributed by atoms with van der Waals surface area (Å²) in [5, 5.41) is 2.50. The summed E-state index contributed by atoms with van der Waals surface area (Å²) in [7, 11) is 1.24. The first-order valence-electron chi connectivity index (χ1n) is 6.15. The molecule has 2 amide bonds. The number of carbonyl (C=O) groups is 2. The molecule has 1 rings (SSSR count). The molecule has 0 bridgehead atoms. The van der Waals surface area contributed by atoms with E-state index in [4.69, 9.17) is 0 Å². The fourth-order valence-corrected chi connectivity index (χ4v) is 2.15. The lowest BCUT2D eigenvalue weighted by Crippen LogP contribution is -2.52. The van der Waals surface area contributed by atoms with Crippen molar-refractivity contribution in [2.24, 2.45) is 5.92 Å². The number of ether oxygens (including phenoxy) is 1. The van der Waals surface area contributed by atoms with E-state index in [1.165, 1.54) is 12.0 Å². The summed E-state index contributed by atoms with van der Waals surface area (Å²) in [5.74, 6) is -0.328. The molecule has 6 heteroatoms. The van der Waals surface area contributed by atoms with Gasteiger partial charge >= 0.3 is 6.09 Å². The monoisotopic (exact) mass is 260 g/mol. The van der Waals surface area contributed by atoms with E-state index in [-0.39, 0.29) is 24.4 Å². The first-order valence-corrected chi connectivity index (χ1v) is 6.15. The molecule has 0 aromatic heterocycles. The van der Waals surface area contributed by atoms with Crippen LogP contribution in [0.3, 0.4) is 0 Å². The summed E-state index contributed by atoms with van der Waals surface area (Å²) in [6, 6.07) is -0.807. The van der Waals surface area contributed by atoms with Crippen molar-refractivity contribution >= 4 is 12.0 Å². The predicted molar refractivity (Wildman–Crippen MR) is 64.9 cm³/mol. The van der Waals surface area contributed by atoms with Crippen LogP contribution in [0.2, 0.25) is 0 Å². The number of carbonyl (C=O) groups excluding carboxylic acids is 2. The lowest BCUT2D eigenvalue weighted by atomic mass is 10.0. The Bertz CT molecular complexity index is 322. The Morgan fingerprint density at radius 2 is 2.06 bits per heavy atom. The molecule has 0 unspecified atom stereocenters. The van der Waals surface area contributed by atoms with E-state index in [9.17, 15) is 14.0 Å². The Morgan fingerprint density at radius 1 is 1.44 bits per heavy atom. The minimum Gasteiger partial charge on any atom is -0.453 e. The maximum absolute atomic E-state index is 13.3. The van der Waals surface area contributed by atoms with Gasteiger partial charge in [0.1, 0.15) is 12.2 Å². The van der Waals surface area contributed by atoms with E-state index in [1.54, 1.807) is 0 Å². The second-order valence-electron chi connectivity index (χ2n) is 5.03. The number of hydrogen-bond acceptors (Lipinski definition) is 3. The van der Waals surface area contributed by atoms with Crippen LogP contribution >= 0.6 is 0 Å². The Balaban J connectivity index is 2.74. The zero-order valence-corrected chi connectivity index (χ0v) is 11.3. The third-order valence-corrected chi connectivity index (χ3v) is 3.20. The van der Waals surface area contributed by atoms with Gasteiger partial charge in [-0.2, -0.15) is 0 Å². The molecule has 0 aromatic carbocycles. The van der Waals surface area contributed by atoms with Crippen molar-refractivity contribution in [3.63, 3.8) is 0 Å². The highest BCUT2D eigenvalue weighted by atomic mass is 19.1. The molecule has 0 aromatic rings. The summed E-state index contributed by atoms with van der Waals surface area (Å²) < 4.78 is 17.8. The number of rotatable bonds is 3. The van der Waals surface area contributed by atoms with Gasteiger partial charge < -0.3 is 15.0 Å². The fraction of sp³-hybridized carbons (Fsp3) is 0.833. The second-order valence-corrected chi connectivity index (χ2v) is 5.03. The first-order chi connectivity index (χ1) is 8.36. The fourth-order valence-electron chi connectivity index (χ4n) is 2.15. The average molecular weight is 260 g/mol. The molecule has 104 valence electrons. The van der Waals surface area contributed by atoms with Gasteiger partial charge in [-0.25, -0.2) is 9.18 Å². The number of alkyl carbamates (subject to hydrolysis) is 1. The van der Waals surface area contributed by atoms with Gasteiger partial charge in [-0.15, -0.1) is 0 Å². The molecule has 0 spiro atoms. The van der Waals surface area contributed by atoms with E-state index in [0.29, 0.717) is 6.42 Å². The largest absolute Gasteiger partial charge is 0.453 e. The lowest BCUT2D eigenvalue weighted by molar-refractivity contribution is -0.135. The van der Waals surface area contributed by atoms with Crippen LogP contribution in [0, 0.1) is 5.92 Å². The Labute approximate surface area is 107 Å². The molecule has 1 N–H and O–H groups in total. The lowest BCUT2D eigenvalue weighted by Gasteiger charge is -2.28. The molecule has 5 nitrogen and oxygen atoms in total. The molecule has 0 radical (unpaired) electrons. The number of methoxy groups -OCH3 is 1. The Morgan fingerprint density at radius 3 is 2.44 bits per heavy atom. The molecule has 1 aliphatic heterocycles. The normalized spacial score (nSPS) is 25.1. The maximum Gasteiger partial charge on any atom is 0.407 e. The van der Waals surface area contributed by atoms with Crippen LogP contribution in [0.1, 0.15) is 27.2 Å². The zero-order valence-electron chi connectivity index (χ0n) is 11.3. The van der Waals surface area contributed by atoms with Crippen molar-refractivity contribution in [1.82, 2.24) is 10.2 Å². The van der Waals surface area contributed by atoms with Gasteiger partial charge in [-0.3, -0.25) is 4.79 Å². The van der Waals surface area contributed by atoms with Crippen LogP contribution in [0.25, 0.3) is 0 Å². The number of nitrogens with zero attached hydrogens (tertiary/aromatic N) is 1. The summed E-state index contributed by atoms with van der Waals surface area (Å²) in [6.07, 6.45) is -1.27. The van der Waals surface area contributed by atoms with E-state index >= 15 is 0 Å². The minimum atomic E-state index is -0.977. The third kappa shape index (κ3) is 3.34. The standard InChI is InChI=1S/C12H21FN2O3/c1-7(2)10(14-12(17)18-4)11(16)15-6-9(13)5-8(15)3/h7-10H,5-6H2,1-4H3,(H,14,17)/t8-,9+,10+/m1/s1. The molecule has 18 heavy (non-hydrogen) atoms. The van der Waals surface area contributed by atoms with Crippen LogP contribution in [0.4, 0.5) is 9.18 Å². The van der Waals surface area contributed by atoms with Crippen LogP contribution < -0.4 is 5.32 Å². The highest BCUT2D eigenvalue weighted by Gasteiger charge is 2.37. The molecule has 0 saturated carbocycles. The van der Waals surface area contributed by atoms with Crippen molar-refractivity contribution in [1.29, 1.82) is 0 Å². The van der Waals surface area contributed by atoms with Crippen LogP contribution in [0.15, 0.2) is 0 Å². The highest BCUT2D eigenvalue weighted by Crippen LogP contribution is 2.22. The van der Waals surface area contributed by atoms with E-state index in [0.717, 1.165) is 0 Å². The van der Waals surface area contributed by atoms with Crippen molar-refractivity contribution in [2.75, 3.05) is 13.7 Å². The van der Waals surface area contributed by atoms with E-state index < -0.39 is 18.3 Å². The summed E-state index contributed by atoms with van der Waals surface area (Å²) in [5.41, 5.74) is 0. The van der Waals surface area contributed by atoms with Crippen LogP contribution in [-0.2, 0) is 9.53 Å². The third-order valence-electron chi connectivity index (χ3n) is 3.20. The first kappa shape index (κ1) is 14.7. The Hall–Kier alpha value is -1.33. The van der Waals surface area contributed by atoms with Gasteiger partial charge in [0.25, 0.3) is 0 Å². The molecule has 0 aliphatic carbocycles. The smallest absolute Gasteiger partial charge is 0.407 e.